The van der Waals surface area contributed by atoms with Crippen LogP contribution in [-0.2, 0) is 9.59 Å². The quantitative estimate of drug-likeness (QED) is 0.345. The van der Waals surface area contributed by atoms with Crippen LogP contribution in [0.3, 0.4) is 0 Å². The van der Waals surface area contributed by atoms with Crippen molar-refractivity contribution in [2.75, 3.05) is 12.0 Å². The van der Waals surface area contributed by atoms with E-state index in [2.05, 4.69) is 0 Å². The highest BCUT2D eigenvalue weighted by molar-refractivity contribution is 6.51. The molecule has 1 amide bonds. The van der Waals surface area contributed by atoms with Gasteiger partial charge in [0, 0.05) is 16.3 Å². The molecule has 0 bridgehead atoms. The smallest absolute Gasteiger partial charge is 0.300 e. The summed E-state index contributed by atoms with van der Waals surface area (Å²) in [4.78, 5) is 27.6. The maximum absolute atomic E-state index is 13.1. The monoisotopic (exact) mass is 433 g/mol. The molecule has 31 heavy (non-hydrogen) atoms. The molecule has 0 aromatic heterocycles. The number of nitrogens with zero attached hydrogens (tertiary/aromatic N) is 1. The van der Waals surface area contributed by atoms with Gasteiger partial charge in [0.1, 0.15) is 11.5 Å². The van der Waals surface area contributed by atoms with Gasteiger partial charge in [-0.15, -0.1) is 0 Å². The third-order valence-corrected chi connectivity index (χ3v) is 5.49. The van der Waals surface area contributed by atoms with Crippen LogP contribution in [0, 0.1) is 6.92 Å². The maximum atomic E-state index is 13.1. The molecule has 1 aliphatic rings. The molecule has 0 saturated carbocycles. The minimum Gasteiger partial charge on any atom is -0.507 e. The second-order valence-electron chi connectivity index (χ2n) is 7.29. The number of anilines is 1. The van der Waals surface area contributed by atoms with Crippen LogP contribution in [0.1, 0.15) is 22.7 Å². The minimum absolute atomic E-state index is 0.0219. The fourth-order valence-electron chi connectivity index (χ4n) is 3.79. The molecule has 1 aliphatic heterocycles. The lowest BCUT2D eigenvalue weighted by Crippen LogP contribution is -2.29. The summed E-state index contributed by atoms with van der Waals surface area (Å²) < 4.78 is 5.20. The van der Waals surface area contributed by atoms with E-state index in [0.717, 1.165) is 11.1 Å². The molecule has 4 rings (SSSR count). The van der Waals surface area contributed by atoms with Crippen molar-refractivity contribution in [1.82, 2.24) is 0 Å². The molecule has 5 nitrogen and oxygen atoms in total. The van der Waals surface area contributed by atoms with Crippen molar-refractivity contribution >= 4 is 34.7 Å². The first-order chi connectivity index (χ1) is 14.9. The number of amides is 1. The Morgan fingerprint density at radius 1 is 1.00 bits per heavy atom. The van der Waals surface area contributed by atoms with E-state index in [1.807, 2.05) is 31.2 Å². The number of benzene rings is 3. The number of aliphatic hydroxyl groups is 1. The number of carbonyl (C=O) groups excluding carboxylic acids is 2. The molecule has 1 N–H and O–H groups in total. The number of ether oxygens (including phenoxy) is 1. The average molecular weight is 434 g/mol. The van der Waals surface area contributed by atoms with Crippen LogP contribution in [0.2, 0.25) is 5.02 Å². The van der Waals surface area contributed by atoms with Crippen LogP contribution in [0.5, 0.6) is 5.75 Å². The number of ketones is 1. The van der Waals surface area contributed by atoms with Crippen LogP contribution >= 0.6 is 11.6 Å². The maximum Gasteiger partial charge on any atom is 0.300 e. The summed E-state index contributed by atoms with van der Waals surface area (Å²) in [7, 11) is 1.55. The van der Waals surface area contributed by atoms with Gasteiger partial charge in [-0.1, -0.05) is 53.6 Å². The highest BCUT2D eigenvalue weighted by Crippen LogP contribution is 2.42. The molecule has 3 aromatic rings. The zero-order chi connectivity index (χ0) is 22.1. The lowest BCUT2D eigenvalue weighted by atomic mass is 9.94. The molecular formula is C25H20ClNO4. The van der Waals surface area contributed by atoms with E-state index in [1.165, 1.54) is 4.90 Å². The van der Waals surface area contributed by atoms with Gasteiger partial charge in [-0.3, -0.25) is 14.5 Å². The number of aryl methyl sites for hydroxylation is 1. The van der Waals surface area contributed by atoms with Crippen molar-refractivity contribution < 1.29 is 19.4 Å². The van der Waals surface area contributed by atoms with Gasteiger partial charge in [-0.2, -0.15) is 0 Å². The molecule has 1 fully saturated rings. The van der Waals surface area contributed by atoms with E-state index in [1.54, 1.807) is 55.6 Å². The molecule has 0 radical (unpaired) electrons. The Hall–Kier alpha value is -3.57. The summed E-state index contributed by atoms with van der Waals surface area (Å²) in [6.07, 6.45) is 0. The lowest BCUT2D eigenvalue weighted by Gasteiger charge is -2.26. The number of hydrogen-bond donors (Lipinski definition) is 1. The van der Waals surface area contributed by atoms with Crippen molar-refractivity contribution in [2.45, 2.75) is 13.0 Å². The molecule has 156 valence electrons. The predicted octanol–water partition coefficient (Wildman–Crippen LogP) is 5.28. The normalized spacial score (nSPS) is 17.8. The topological polar surface area (TPSA) is 66.8 Å². The zero-order valence-electron chi connectivity index (χ0n) is 17.0. The van der Waals surface area contributed by atoms with E-state index in [9.17, 15) is 14.7 Å². The summed E-state index contributed by atoms with van der Waals surface area (Å²) >= 11 is 6.08. The standard InChI is InChI=1S/C25H20ClNO4/c1-15-5-3-6-16(13-15)22-21(23(28)17-7-4-8-18(26)14-17)24(29)25(30)27(22)19-9-11-20(31-2)12-10-19/h3-14,22,28H,1-2H3/b23-21-. The minimum atomic E-state index is -0.785. The molecule has 1 saturated heterocycles. The summed E-state index contributed by atoms with van der Waals surface area (Å²) in [5, 5.41) is 11.5. The van der Waals surface area contributed by atoms with Crippen molar-refractivity contribution in [3.63, 3.8) is 0 Å². The Morgan fingerprint density at radius 3 is 2.35 bits per heavy atom. The van der Waals surface area contributed by atoms with Gasteiger partial charge in [0.25, 0.3) is 11.7 Å². The lowest BCUT2D eigenvalue weighted by molar-refractivity contribution is -0.132. The first-order valence-corrected chi connectivity index (χ1v) is 10.1. The Balaban J connectivity index is 1.94. The molecule has 1 unspecified atom stereocenters. The van der Waals surface area contributed by atoms with Crippen molar-refractivity contribution in [3.8, 4) is 5.75 Å². The van der Waals surface area contributed by atoms with Crippen LogP contribution < -0.4 is 9.64 Å². The van der Waals surface area contributed by atoms with Crippen LogP contribution in [0.4, 0.5) is 5.69 Å². The van der Waals surface area contributed by atoms with E-state index in [-0.39, 0.29) is 11.3 Å². The average Bonchev–Trinajstić information content (AvgIpc) is 3.04. The fraction of sp³-hybridized carbons (Fsp3) is 0.120. The third-order valence-electron chi connectivity index (χ3n) is 5.25. The zero-order valence-corrected chi connectivity index (χ0v) is 17.8. The van der Waals surface area contributed by atoms with Crippen molar-refractivity contribution in [1.29, 1.82) is 0 Å². The van der Waals surface area contributed by atoms with E-state index in [4.69, 9.17) is 16.3 Å². The number of halogens is 1. The van der Waals surface area contributed by atoms with Gasteiger partial charge in [0.2, 0.25) is 0 Å². The van der Waals surface area contributed by atoms with Crippen LogP contribution in [0.25, 0.3) is 5.76 Å². The van der Waals surface area contributed by atoms with Gasteiger partial charge in [0.15, 0.2) is 0 Å². The molecule has 3 aromatic carbocycles. The number of Topliss-reactive ketones (excluding diaryl/α,β-unsaturated/α-hetero) is 1. The highest BCUT2D eigenvalue weighted by Gasteiger charge is 2.47. The Bertz CT molecular complexity index is 1200. The summed E-state index contributed by atoms with van der Waals surface area (Å²) in [6.45, 7) is 1.93. The molecule has 1 heterocycles. The number of carbonyl (C=O) groups is 2. The molecule has 0 spiro atoms. The molecular weight excluding hydrogens is 414 g/mol. The number of hydrogen-bond acceptors (Lipinski definition) is 4. The first kappa shape index (κ1) is 20.7. The summed E-state index contributed by atoms with van der Waals surface area (Å²) in [6, 6.07) is 20.2. The van der Waals surface area contributed by atoms with Gasteiger partial charge < -0.3 is 9.84 Å². The summed E-state index contributed by atoms with van der Waals surface area (Å²) in [5.74, 6) is -1.09. The number of rotatable bonds is 4. The van der Waals surface area contributed by atoms with Crippen LogP contribution in [-0.4, -0.2) is 23.9 Å². The predicted molar refractivity (Wildman–Crippen MR) is 120 cm³/mol. The van der Waals surface area contributed by atoms with Gasteiger partial charge in [0.05, 0.1) is 18.7 Å². The van der Waals surface area contributed by atoms with Crippen LogP contribution in [0.15, 0.2) is 78.4 Å². The van der Waals surface area contributed by atoms with E-state index in [0.29, 0.717) is 22.0 Å². The second-order valence-corrected chi connectivity index (χ2v) is 7.73. The fourth-order valence-corrected chi connectivity index (χ4v) is 3.98. The SMILES string of the molecule is COc1ccc(N2C(=O)C(=O)/C(=C(\O)c3cccc(Cl)c3)C2c2cccc(C)c2)cc1. The van der Waals surface area contributed by atoms with Gasteiger partial charge in [-0.05, 0) is 48.9 Å². The number of methoxy groups -OCH3 is 1. The van der Waals surface area contributed by atoms with Gasteiger partial charge >= 0.3 is 0 Å². The van der Waals surface area contributed by atoms with E-state index < -0.39 is 17.7 Å². The van der Waals surface area contributed by atoms with E-state index >= 15 is 0 Å². The molecule has 1 atom stereocenters. The highest BCUT2D eigenvalue weighted by atomic mass is 35.5. The van der Waals surface area contributed by atoms with Crippen molar-refractivity contribution in [2.24, 2.45) is 0 Å². The molecule has 0 aliphatic carbocycles. The second kappa shape index (κ2) is 8.28. The summed E-state index contributed by atoms with van der Waals surface area (Å²) in [5.41, 5.74) is 2.62. The Morgan fingerprint density at radius 2 is 1.71 bits per heavy atom. The van der Waals surface area contributed by atoms with Crippen molar-refractivity contribution in [3.05, 3.63) is 100 Å². The first-order valence-electron chi connectivity index (χ1n) is 9.68. The van der Waals surface area contributed by atoms with Gasteiger partial charge in [-0.25, -0.2) is 0 Å². The Kier molecular flexibility index (Phi) is 5.53. The largest absolute Gasteiger partial charge is 0.507 e. The Labute approximate surface area is 185 Å². The number of aliphatic hydroxyl groups excluding tert-OH is 1. The molecule has 6 heteroatoms. The third kappa shape index (κ3) is 3.80.